The Balaban J connectivity index is 1.67. The van der Waals surface area contributed by atoms with Gasteiger partial charge in [0.2, 0.25) is 11.9 Å². The van der Waals surface area contributed by atoms with Gasteiger partial charge in [0.25, 0.3) is 0 Å². The van der Waals surface area contributed by atoms with Crippen LogP contribution in [0, 0.1) is 6.92 Å². The lowest BCUT2D eigenvalue weighted by molar-refractivity contribution is -0.116. The van der Waals surface area contributed by atoms with Crippen LogP contribution in [0.5, 0.6) is 0 Å². The number of amides is 1. The topological polar surface area (TPSA) is 85.8 Å². The van der Waals surface area contributed by atoms with Gasteiger partial charge in [0.15, 0.2) is 5.16 Å². The molecule has 0 radical (unpaired) electrons. The number of benzene rings is 2. The third-order valence-corrected chi connectivity index (χ3v) is 4.71. The summed E-state index contributed by atoms with van der Waals surface area (Å²) in [5, 5.41) is 11.5. The average Bonchev–Trinajstić information content (AvgIpc) is 2.96. The summed E-state index contributed by atoms with van der Waals surface area (Å²) in [4.78, 5) is 12.4. The molecule has 6 nitrogen and oxygen atoms in total. The zero-order valence-corrected chi connectivity index (χ0v) is 14.7. The summed E-state index contributed by atoms with van der Waals surface area (Å²) in [6, 6.07) is 17.7. The number of carbonyl (C=O) groups excluding carboxylic acids is 1. The Hall–Kier alpha value is -2.80. The lowest BCUT2D eigenvalue weighted by atomic mass is 10.2. The van der Waals surface area contributed by atoms with Crippen molar-refractivity contribution in [1.29, 1.82) is 0 Å². The molecule has 0 unspecified atom stereocenters. The van der Waals surface area contributed by atoms with Gasteiger partial charge in [-0.1, -0.05) is 60.3 Å². The highest BCUT2D eigenvalue weighted by molar-refractivity contribution is 7.98. The highest BCUT2D eigenvalue weighted by atomic mass is 32.2. The Morgan fingerprint density at radius 1 is 1.12 bits per heavy atom. The monoisotopic (exact) mass is 353 g/mol. The number of anilines is 2. The molecule has 1 aromatic heterocycles. The quantitative estimate of drug-likeness (QED) is 0.665. The van der Waals surface area contributed by atoms with Crippen LogP contribution >= 0.6 is 11.8 Å². The summed E-state index contributed by atoms with van der Waals surface area (Å²) in [5.74, 6) is 0.802. The van der Waals surface area contributed by atoms with E-state index in [0.29, 0.717) is 5.16 Å². The van der Waals surface area contributed by atoms with Crippen molar-refractivity contribution in [3.05, 3.63) is 65.7 Å². The standard InChI is InChI=1S/C18H19N5OS/c1-13-7-5-6-10-15(13)20-16(24)11-23-17(19)21-22-18(23)25-12-14-8-3-2-4-9-14/h2-10H,11-12H2,1H3,(H2,19,21)(H,20,24). The van der Waals surface area contributed by atoms with E-state index in [1.807, 2.05) is 61.5 Å². The Kier molecular flexibility index (Phi) is 5.35. The first-order valence-electron chi connectivity index (χ1n) is 7.84. The normalized spacial score (nSPS) is 10.6. The minimum atomic E-state index is -0.164. The molecule has 1 amide bonds. The maximum absolute atomic E-state index is 12.4. The van der Waals surface area contributed by atoms with Crippen LogP contribution in [0.1, 0.15) is 11.1 Å². The van der Waals surface area contributed by atoms with Crippen LogP contribution < -0.4 is 11.1 Å². The number of rotatable bonds is 6. The number of nitrogens with zero attached hydrogens (tertiary/aromatic N) is 3. The zero-order valence-electron chi connectivity index (χ0n) is 13.8. The number of aromatic nitrogens is 3. The fourth-order valence-corrected chi connectivity index (χ4v) is 3.22. The molecule has 0 atom stereocenters. The number of aryl methyl sites for hydroxylation is 1. The van der Waals surface area contributed by atoms with Crippen molar-refractivity contribution in [3.63, 3.8) is 0 Å². The van der Waals surface area contributed by atoms with E-state index in [4.69, 9.17) is 5.73 Å². The summed E-state index contributed by atoms with van der Waals surface area (Å²) in [6.45, 7) is 2.02. The summed E-state index contributed by atoms with van der Waals surface area (Å²) in [6.07, 6.45) is 0. The highest BCUT2D eigenvalue weighted by Gasteiger charge is 2.14. The Bertz CT molecular complexity index is 863. The van der Waals surface area contributed by atoms with E-state index in [0.717, 1.165) is 17.0 Å². The van der Waals surface area contributed by atoms with Crippen LogP contribution in [0.15, 0.2) is 59.8 Å². The molecule has 0 bridgehead atoms. The third-order valence-electron chi connectivity index (χ3n) is 3.68. The van der Waals surface area contributed by atoms with E-state index in [9.17, 15) is 4.79 Å². The van der Waals surface area contributed by atoms with Gasteiger partial charge in [-0.2, -0.15) is 0 Å². The molecule has 0 saturated heterocycles. The van der Waals surface area contributed by atoms with Gasteiger partial charge in [-0.3, -0.25) is 9.36 Å². The minimum absolute atomic E-state index is 0.0737. The first-order valence-corrected chi connectivity index (χ1v) is 8.83. The molecular weight excluding hydrogens is 334 g/mol. The minimum Gasteiger partial charge on any atom is -0.368 e. The SMILES string of the molecule is Cc1ccccc1NC(=O)Cn1c(N)nnc1SCc1ccccc1. The van der Waals surface area contributed by atoms with E-state index in [2.05, 4.69) is 15.5 Å². The van der Waals surface area contributed by atoms with Gasteiger partial charge < -0.3 is 11.1 Å². The smallest absolute Gasteiger partial charge is 0.244 e. The Morgan fingerprint density at radius 3 is 2.60 bits per heavy atom. The lowest BCUT2D eigenvalue weighted by Crippen LogP contribution is -2.20. The van der Waals surface area contributed by atoms with Crippen LogP contribution in [0.25, 0.3) is 0 Å². The van der Waals surface area contributed by atoms with Crippen LogP contribution in [0.3, 0.4) is 0 Å². The average molecular weight is 353 g/mol. The highest BCUT2D eigenvalue weighted by Crippen LogP contribution is 2.23. The van der Waals surface area contributed by atoms with Crippen molar-refractivity contribution in [2.45, 2.75) is 24.4 Å². The number of nitrogen functional groups attached to an aromatic ring is 1. The van der Waals surface area contributed by atoms with Gasteiger partial charge in [0, 0.05) is 11.4 Å². The van der Waals surface area contributed by atoms with Crippen molar-refractivity contribution >= 4 is 29.3 Å². The molecule has 2 aromatic carbocycles. The maximum atomic E-state index is 12.4. The van der Waals surface area contributed by atoms with Crippen molar-refractivity contribution in [2.24, 2.45) is 0 Å². The van der Waals surface area contributed by atoms with E-state index in [1.54, 1.807) is 4.57 Å². The summed E-state index contributed by atoms with van der Waals surface area (Å²) < 4.78 is 1.63. The fraction of sp³-hybridized carbons (Fsp3) is 0.167. The second kappa shape index (κ2) is 7.85. The first kappa shape index (κ1) is 17.0. The van der Waals surface area contributed by atoms with Gasteiger partial charge in [0.1, 0.15) is 6.54 Å². The van der Waals surface area contributed by atoms with Crippen LogP contribution in [0.4, 0.5) is 11.6 Å². The van der Waals surface area contributed by atoms with E-state index in [1.165, 1.54) is 17.3 Å². The predicted molar refractivity (Wildman–Crippen MR) is 100 cm³/mol. The van der Waals surface area contributed by atoms with Gasteiger partial charge in [-0.15, -0.1) is 10.2 Å². The molecule has 3 N–H and O–H groups in total. The number of thioether (sulfide) groups is 1. The van der Waals surface area contributed by atoms with Crippen molar-refractivity contribution < 1.29 is 4.79 Å². The van der Waals surface area contributed by atoms with E-state index >= 15 is 0 Å². The first-order chi connectivity index (χ1) is 12.1. The molecule has 1 heterocycles. The van der Waals surface area contributed by atoms with E-state index < -0.39 is 0 Å². The molecule has 0 aliphatic rings. The van der Waals surface area contributed by atoms with Gasteiger partial charge in [-0.05, 0) is 24.1 Å². The van der Waals surface area contributed by atoms with Crippen LogP contribution in [-0.4, -0.2) is 20.7 Å². The molecule has 25 heavy (non-hydrogen) atoms. The molecule has 0 saturated carbocycles. The predicted octanol–water partition coefficient (Wildman–Crippen LogP) is 3.10. The summed E-state index contributed by atoms with van der Waals surface area (Å²) in [7, 11) is 0. The van der Waals surface area contributed by atoms with Gasteiger partial charge in [-0.25, -0.2) is 0 Å². The van der Waals surface area contributed by atoms with Crippen molar-refractivity contribution in [3.8, 4) is 0 Å². The Labute approximate surface area is 150 Å². The molecule has 0 aliphatic heterocycles. The second-order valence-electron chi connectivity index (χ2n) is 5.56. The number of hydrogen-bond donors (Lipinski definition) is 2. The Morgan fingerprint density at radius 2 is 1.84 bits per heavy atom. The maximum Gasteiger partial charge on any atom is 0.244 e. The number of para-hydroxylation sites is 1. The fourth-order valence-electron chi connectivity index (χ4n) is 2.32. The molecule has 7 heteroatoms. The molecule has 128 valence electrons. The molecule has 0 aliphatic carbocycles. The number of carbonyl (C=O) groups is 1. The largest absolute Gasteiger partial charge is 0.368 e. The van der Waals surface area contributed by atoms with E-state index in [-0.39, 0.29) is 18.4 Å². The molecular formula is C18H19N5OS. The van der Waals surface area contributed by atoms with Crippen molar-refractivity contribution in [1.82, 2.24) is 14.8 Å². The second-order valence-corrected chi connectivity index (χ2v) is 6.51. The molecule has 0 fully saturated rings. The molecule has 3 aromatic rings. The zero-order chi connectivity index (χ0) is 17.6. The third kappa shape index (κ3) is 4.39. The summed E-state index contributed by atoms with van der Waals surface area (Å²) >= 11 is 1.50. The van der Waals surface area contributed by atoms with Crippen LogP contribution in [-0.2, 0) is 17.1 Å². The summed E-state index contributed by atoms with van der Waals surface area (Å²) in [5.41, 5.74) is 8.84. The van der Waals surface area contributed by atoms with Crippen molar-refractivity contribution in [2.75, 3.05) is 11.1 Å². The number of hydrogen-bond acceptors (Lipinski definition) is 5. The molecule has 0 spiro atoms. The lowest BCUT2D eigenvalue weighted by Gasteiger charge is -2.10. The van der Waals surface area contributed by atoms with Crippen LogP contribution in [0.2, 0.25) is 0 Å². The van der Waals surface area contributed by atoms with Gasteiger partial charge in [0.05, 0.1) is 0 Å². The number of nitrogens with one attached hydrogen (secondary N) is 1. The number of nitrogens with two attached hydrogens (primary N) is 1. The van der Waals surface area contributed by atoms with Gasteiger partial charge >= 0.3 is 0 Å². The molecule has 3 rings (SSSR count).